The van der Waals surface area contributed by atoms with E-state index < -0.39 is 18.3 Å². The van der Waals surface area contributed by atoms with Gasteiger partial charge in [0.15, 0.2) is 0 Å². The molecule has 202 valence electrons. The fourth-order valence-corrected chi connectivity index (χ4v) is 6.12. The van der Waals surface area contributed by atoms with Gasteiger partial charge in [-0.1, -0.05) is 12.6 Å². The van der Waals surface area contributed by atoms with Gasteiger partial charge < -0.3 is 20.3 Å². The number of piperidine rings is 2. The van der Waals surface area contributed by atoms with Gasteiger partial charge in [0.25, 0.3) is 12.3 Å². The van der Waals surface area contributed by atoms with Gasteiger partial charge in [-0.05, 0) is 63.2 Å². The lowest BCUT2D eigenvalue weighted by Gasteiger charge is -2.38. The second-order valence-corrected chi connectivity index (χ2v) is 10.6. The zero-order valence-corrected chi connectivity index (χ0v) is 21.0. The van der Waals surface area contributed by atoms with Crippen LogP contribution in [0.3, 0.4) is 0 Å². The minimum atomic E-state index is -2.31. The molecule has 3 atom stereocenters. The molecular weight excluding hydrogens is 485 g/mol. The lowest BCUT2D eigenvalue weighted by molar-refractivity contribution is -0.126. The molecule has 1 aromatic carbocycles. The number of carbonyl (C=O) groups excluding carboxylic acids is 2. The topological polar surface area (TPSA) is 73.9 Å². The van der Waals surface area contributed by atoms with Crippen molar-refractivity contribution in [1.29, 1.82) is 0 Å². The first kappa shape index (κ1) is 26.2. The number of carbonyl (C=O) groups is 2. The Labute approximate surface area is 215 Å². The van der Waals surface area contributed by atoms with Crippen LogP contribution in [0, 0.1) is 5.82 Å². The highest BCUT2D eigenvalue weighted by Crippen LogP contribution is 2.32. The summed E-state index contributed by atoms with van der Waals surface area (Å²) < 4.78 is 47.1. The van der Waals surface area contributed by atoms with Gasteiger partial charge in [-0.25, -0.2) is 13.2 Å². The molecular formula is C27H35F3N4O3. The summed E-state index contributed by atoms with van der Waals surface area (Å²) in [6.07, 6.45) is 2.30. The molecule has 37 heavy (non-hydrogen) atoms. The van der Waals surface area contributed by atoms with Crippen molar-refractivity contribution in [2.24, 2.45) is 0 Å². The molecule has 5 rings (SSSR count). The molecule has 0 spiro atoms. The minimum absolute atomic E-state index is 0.0465. The second-order valence-electron chi connectivity index (χ2n) is 10.6. The van der Waals surface area contributed by atoms with E-state index in [1.165, 1.54) is 4.90 Å². The van der Waals surface area contributed by atoms with E-state index in [-0.39, 0.29) is 43.1 Å². The number of amides is 2. The van der Waals surface area contributed by atoms with Crippen molar-refractivity contribution in [3.05, 3.63) is 46.9 Å². The highest BCUT2D eigenvalue weighted by molar-refractivity contribution is 6.01. The highest BCUT2D eigenvalue weighted by Gasteiger charge is 2.40. The van der Waals surface area contributed by atoms with Gasteiger partial charge in [0.05, 0.1) is 19.2 Å². The molecule has 0 radical (unpaired) electrons. The van der Waals surface area contributed by atoms with E-state index >= 15 is 4.39 Å². The van der Waals surface area contributed by atoms with E-state index in [0.717, 1.165) is 25.7 Å². The van der Waals surface area contributed by atoms with Gasteiger partial charge in [0.2, 0.25) is 5.91 Å². The molecule has 0 saturated carbocycles. The highest BCUT2D eigenvalue weighted by atomic mass is 19.3. The van der Waals surface area contributed by atoms with Crippen LogP contribution in [0.2, 0.25) is 0 Å². The Morgan fingerprint density at radius 2 is 1.95 bits per heavy atom. The molecule has 4 heterocycles. The van der Waals surface area contributed by atoms with E-state index in [2.05, 4.69) is 17.2 Å². The SMILES string of the molecule is C=C1CCC(N2Cc3c(ccc(C[C@H]4OCCC[C@@H]4NC4CCN(CC(F)F)CC4)c3F)C2=O)C(=O)N1. The maximum atomic E-state index is 15.7. The average molecular weight is 521 g/mol. The summed E-state index contributed by atoms with van der Waals surface area (Å²) in [5, 5.41) is 6.37. The van der Waals surface area contributed by atoms with Gasteiger partial charge in [0.1, 0.15) is 11.9 Å². The number of hydrogen-bond acceptors (Lipinski definition) is 5. The summed E-state index contributed by atoms with van der Waals surface area (Å²) in [6, 6.07) is 2.97. The van der Waals surface area contributed by atoms with Gasteiger partial charge in [-0.15, -0.1) is 0 Å². The number of fused-ring (bicyclic) bond motifs is 1. The lowest BCUT2D eigenvalue weighted by atomic mass is 9.92. The average Bonchev–Trinajstić information content (AvgIpc) is 3.20. The Morgan fingerprint density at radius 1 is 1.16 bits per heavy atom. The fourth-order valence-electron chi connectivity index (χ4n) is 6.12. The van der Waals surface area contributed by atoms with Crippen LogP contribution in [-0.2, 0) is 22.5 Å². The molecule has 2 N–H and O–H groups in total. The van der Waals surface area contributed by atoms with Crippen molar-refractivity contribution in [1.82, 2.24) is 20.4 Å². The summed E-state index contributed by atoms with van der Waals surface area (Å²) in [6.45, 7) is 5.55. The second kappa shape index (κ2) is 11.1. The van der Waals surface area contributed by atoms with Crippen LogP contribution in [0.5, 0.6) is 0 Å². The minimum Gasteiger partial charge on any atom is -0.376 e. The quantitative estimate of drug-likeness (QED) is 0.579. The molecule has 4 aliphatic rings. The summed E-state index contributed by atoms with van der Waals surface area (Å²) in [4.78, 5) is 28.7. The standard InChI is InChI=1S/C27H35F3N4O3/c1-16-4-7-22(26(35)31-16)34-14-20-19(27(34)36)6-5-17(25(20)30)13-23-21(3-2-12-37-23)32-18-8-10-33(11-9-18)15-24(28)29/h5-6,18,21-24,32H,1-4,7-15H2,(H,31,35)/t21-,22?,23+/m0/s1. The maximum absolute atomic E-state index is 15.7. The zero-order chi connectivity index (χ0) is 26.1. The number of allylic oxidation sites excluding steroid dienone is 1. The number of halogens is 3. The van der Waals surface area contributed by atoms with Crippen molar-refractivity contribution < 1.29 is 27.5 Å². The van der Waals surface area contributed by atoms with Crippen molar-refractivity contribution in [2.75, 3.05) is 26.2 Å². The number of benzene rings is 1. The number of ether oxygens (including phenoxy) is 1. The van der Waals surface area contributed by atoms with Crippen LogP contribution in [-0.4, -0.2) is 78.5 Å². The Hall–Kier alpha value is -2.43. The third kappa shape index (κ3) is 5.71. The largest absolute Gasteiger partial charge is 0.376 e. The molecule has 1 unspecified atom stereocenters. The zero-order valence-electron chi connectivity index (χ0n) is 21.0. The maximum Gasteiger partial charge on any atom is 0.255 e. The van der Waals surface area contributed by atoms with Gasteiger partial charge in [0, 0.05) is 41.9 Å². The number of nitrogens with zero attached hydrogens (tertiary/aromatic N) is 2. The Morgan fingerprint density at radius 3 is 2.68 bits per heavy atom. The first-order chi connectivity index (χ1) is 17.8. The molecule has 1 aromatic rings. The summed E-state index contributed by atoms with van der Waals surface area (Å²) in [5.41, 5.74) is 1.79. The molecule has 4 aliphatic heterocycles. The molecule has 0 aliphatic carbocycles. The Balaban J connectivity index is 1.23. The first-order valence-corrected chi connectivity index (χ1v) is 13.3. The van der Waals surface area contributed by atoms with E-state index in [0.29, 0.717) is 61.3 Å². The summed E-state index contributed by atoms with van der Waals surface area (Å²) in [7, 11) is 0. The van der Waals surface area contributed by atoms with Crippen LogP contribution >= 0.6 is 0 Å². The molecule has 2 amide bonds. The summed E-state index contributed by atoms with van der Waals surface area (Å²) in [5.74, 6) is -0.996. The van der Waals surface area contributed by atoms with Crippen molar-refractivity contribution in [2.45, 2.75) is 82.1 Å². The summed E-state index contributed by atoms with van der Waals surface area (Å²) >= 11 is 0. The molecule has 0 bridgehead atoms. The first-order valence-electron chi connectivity index (χ1n) is 13.3. The van der Waals surface area contributed by atoms with Crippen LogP contribution in [0.25, 0.3) is 0 Å². The number of nitrogens with one attached hydrogen (secondary N) is 2. The Kier molecular flexibility index (Phi) is 7.88. The van der Waals surface area contributed by atoms with Gasteiger partial charge in [-0.2, -0.15) is 0 Å². The van der Waals surface area contributed by atoms with E-state index in [9.17, 15) is 18.4 Å². The van der Waals surface area contributed by atoms with Crippen LogP contribution in [0.15, 0.2) is 24.4 Å². The smallest absolute Gasteiger partial charge is 0.255 e. The lowest BCUT2D eigenvalue weighted by Crippen LogP contribution is -2.53. The molecule has 3 saturated heterocycles. The van der Waals surface area contributed by atoms with Crippen molar-refractivity contribution >= 4 is 11.8 Å². The molecule has 7 nitrogen and oxygen atoms in total. The predicted octanol–water partition coefficient (Wildman–Crippen LogP) is 2.98. The molecule has 0 aromatic heterocycles. The monoisotopic (exact) mass is 520 g/mol. The van der Waals surface area contributed by atoms with E-state index in [4.69, 9.17) is 4.74 Å². The number of hydrogen-bond donors (Lipinski definition) is 2. The predicted molar refractivity (Wildman–Crippen MR) is 132 cm³/mol. The fraction of sp³-hybridized carbons (Fsp3) is 0.630. The van der Waals surface area contributed by atoms with Crippen LogP contribution in [0.1, 0.15) is 60.0 Å². The van der Waals surface area contributed by atoms with E-state index in [1.54, 1.807) is 17.0 Å². The molecule has 10 heteroatoms. The van der Waals surface area contributed by atoms with Gasteiger partial charge in [-0.3, -0.25) is 14.5 Å². The van der Waals surface area contributed by atoms with Crippen LogP contribution < -0.4 is 10.6 Å². The number of rotatable bonds is 7. The normalized spacial score (nSPS) is 27.6. The number of alkyl halides is 2. The third-order valence-electron chi connectivity index (χ3n) is 8.14. The van der Waals surface area contributed by atoms with Crippen molar-refractivity contribution in [3.8, 4) is 0 Å². The van der Waals surface area contributed by atoms with Crippen LogP contribution in [0.4, 0.5) is 13.2 Å². The third-order valence-corrected chi connectivity index (χ3v) is 8.14. The Bertz CT molecular complexity index is 1040. The van der Waals surface area contributed by atoms with Crippen molar-refractivity contribution in [3.63, 3.8) is 0 Å². The van der Waals surface area contributed by atoms with E-state index in [1.807, 2.05) is 0 Å². The van der Waals surface area contributed by atoms with Gasteiger partial charge >= 0.3 is 0 Å². The number of likely N-dealkylation sites (tertiary alicyclic amines) is 1. The molecule has 3 fully saturated rings.